The van der Waals surface area contributed by atoms with Gasteiger partial charge in [-0.15, -0.1) is 0 Å². The number of hydrogen-bond acceptors (Lipinski definition) is 3. The van der Waals surface area contributed by atoms with Gasteiger partial charge in [0, 0.05) is 13.1 Å². The minimum atomic E-state index is -0.0294. The minimum Gasteiger partial charge on any atom is -0.374 e. The summed E-state index contributed by atoms with van der Waals surface area (Å²) in [7, 11) is 0. The molecule has 1 fully saturated rings. The number of benzene rings is 1. The number of ether oxygens (including phenoxy) is 1. The Labute approximate surface area is 116 Å². The van der Waals surface area contributed by atoms with Gasteiger partial charge in [-0.05, 0) is 32.4 Å². The molecule has 0 aromatic heterocycles. The predicted octanol–water partition coefficient (Wildman–Crippen LogP) is 2.41. The Balaban J connectivity index is 2.07. The zero-order chi connectivity index (χ0) is 13.8. The average Bonchev–Trinajstić information content (AvgIpc) is 2.37. The van der Waals surface area contributed by atoms with E-state index in [0.29, 0.717) is 0 Å². The van der Waals surface area contributed by atoms with Gasteiger partial charge in [0.05, 0.1) is 18.8 Å². The van der Waals surface area contributed by atoms with E-state index in [-0.39, 0.29) is 12.1 Å². The van der Waals surface area contributed by atoms with E-state index in [0.717, 1.165) is 26.2 Å². The molecule has 0 amide bonds. The van der Waals surface area contributed by atoms with Crippen molar-refractivity contribution in [2.75, 3.05) is 26.2 Å². The van der Waals surface area contributed by atoms with Crippen molar-refractivity contribution in [3.8, 4) is 0 Å². The van der Waals surface area contributed by atoms with Crippen LogP contribution in [-0.2, 0) is 4.74 Å². The van der Waals surface area contributed by atoms with Crippen LogP contribution in [0.1, 0.15) is 36.1 Å². The highest BCUT2D eigenvalue weighted by atomic mass is 16.5. The molecule has 1 saturated heterocycles. The molecule has 0 bridgehead atoms. The van der Waals surface area contributed by atoms with Crippen LogP contribution in [0.5, 0.6) is 0 Å². The molecule has 1 aromatic carbocycles. The Hall–Kier alpha value is -0.900. The molecule has 0 aliphatic carbocycles. The normalized spacial score (nSPS) is 22.4. The van der Waals surface area contributed by atoms with Crippen LogP contribution >= 0.6 is 0 Å². The Morgan fingerprint density at radius 3 is 2.63 bits per heavy atom. The molecule has 2 atom stereocenters. The molecule has 3 nitrogen and oxygen atoms in total. The van der Waals surface area contributed by atoms with Crippen molar-refractivity contribution in [2.24, 2.45) is 5.73 Å². The van der Waals surface area contributed by atoms with Crippen LogP contribution in [0.15, 0.2) is 18.2 Å². The lowest BCUT2D eigenvalue weighted by Crippen LogP contribution is -2.47. The second-order valence-corrected chi connectivity index (χ2v) is 5.66. The van der Waals surface area contributed by atoms with Crippen LogP contribution in [0.2, 0.25) is 0 Å². The number of rotatable bonds is 4. The summed E-state index contributed by atoms with van der Waals surface area (Å²) >= 11 is 0. The summed E-state index contributed by atoms with van der Waals surface area (Å²) in [6.07, 6.45) is 1.30. The fraction of sp³-hybridized carbons (Fsp3) is 0.625. The summed E-state index contributed by atoms with van der Waals surface area (Å²) < 4.78 is 5.88. The van der Waals surface area contributed by atoms with Gasteiger partial charge in [0.1, 0.15) is 0 Å². The molecule has 1 heterocycles. The molecule has 2 N–H and O–H groups in total. The molecule has 19 heavy (non-hydrogen) atoms. The monoisotopic (exact) mass is 262 g/mol. The van der Waals surface area contributed by atoms with E-state index in [1.54, 1.807) is 0 Å². The molecule has 2 rings (SSSR count). The lowest BCUT2D eigenvalue weighted by Gasteiger charge is -2.35. The molecule has 2 unspecified atom stereocenters. The molecule has 1 aromatic rings. The third kappa shape index (κ3) is 3.78. The first-order chi connectivity index (χ1) is 9.10. The zero-order valence-electron chi connectivity index (χ0n) is 12.4. The minimum absolute atomic E-state index is 0.0294. The molecule has 106 valence electrons. The van der Waals surface area contributed by atoms with Gasteiger partial charge in [-0.2, -0.15) is 0 Å². The summed E-state index contributed by atoms with van der Waals surface area (Å²) in [6.45, 7) is 10.4. The van der Waals surface area contributed by atoms with Gasteiger partial charge in [-0.1, -0.05) is 36.2 Å². The largest absolute Gasteiger partial charge is 0.374 e. The van der Waals surface area contributed by atoms with Crippen molar-refractivity contribution in [1.82, 2.24) is 4.90 Å². The summed E-state index contributed by atoms with van der Waals surface area (Å²) in [5.41, 5.74) is 10.1. The van der Waals surface area contributed by atoms with Crippen molar-refractivity contribution in [1.29, 1.82) is 0 Å². The Morgan fingerprint density at radius 2 is 2.00 bits per heavy atom. The van der Waals surface area contributed by atoms with Crippen molar-refractivity contribution in [2.45, 2.75) is 39.3 Å². The highest BCUT2D eigenvalue weighted by Gasteiger charge is 2.26. The van der Waals surface area contributed by atoms with E-state index in [9.17, 15) is 0 Å². The van der Waals surface area contributed by atoms with Crippen LogP contribution < -0.4 is 5.73 Å². The molecular formula is C16H26N2O. The van der Waals surface area contributed by atoms with Gasteiger partial charge in [0.15, 0.2) is 0 Å². The molecule has 0 saturated carbocycles. The van der Waals surface area contributed by atoms with Crippen LogP contribution in [0, 0.1) is 13.8 Å². The average molecular weight is 262 g/mol. The van der Waals surface area contributed by atoms with Crippen LogP contribution in [0.3, 0.4) is 0 Å². The standard InChI is InChI=1S/C16H26N2O/c1-4-5-18-6-7-19-15(11-18)16(17)14-9-12(2)8-13(3)10-14/h8-10,15-16H,4-7,11,17H2,1-3H3. The summed E-state index contributed by atoms with van der Waals surface area (Å²) in [5, 5.41) is 0. The third-order valence-corrected chi connectivity index (χ3v) is 3.75. The van der Waals surface area contributed by atoms with E-state index < -0.39 is 0 Å². The van der Waals surface area contributed by atoms with Crippen LogP contribution in [0.25, 0.3) is 0 Å². The van der Waals surface area contributed by atoms with Crippen molar-refractivity contribution < 1.29 is 4.74 Å². The SMILES string of the molecule is CCCN1CCOC(C(N)c2cc(C)cc(C)c2)C1. The van der Waals surface area contributed by atoms with E-state index >= 15 is 0 Å². The maximum absolute atomic E-state index is 6.41. The maximum Gasteiger partial charge on any atom is 0.0894 e. The summed E-state index contributed by atoms with van der Waals surface area (Å²) in [6, 6.07) is 6.51. The van der Waals surface area contributed by atoms with E-state index in [1.165, 1.54) is 23.1 Å². The first-order valence-electron chi connectivity index (χ1n) is 7.28. The van der Waals surface area contributed by atoms with Gasteiger partial charge in [-0.25, -0.2) is 0 Å². The third-order valence-electron chi connectivity index (χ3n) is 3.75. The van der Waals surface area contributed by atoms with E-state index in [4.69, 9.17) is 10.5 Å². The molecular weight excluding hydrogens is 236 g/mol. The van der Waals surface area contributed by atoms with Crippen molar-refractivity contribution in [3.05, 3.63) is 34.9 Å². The topological polar surface area (TPSA) is 38.5 Å². The fourth-order valence-corrected chi connectivity index (χ4v) is 2.89. The van der Waals surface area contributed by atoms with Crippen LogP contribution in [-0.4, -0.2) is 37.2 Å². The molecule has 1 aliphatic rings. The van der Waals surface area contributed by atoms with E-state index in [2.05, 4.69) is 43.9 Å². The quantitative estimate of drug-likeness (QED) is 0.905. The lowest BCUT2D eigenvalue weighted by molar-refractivity contribution is -0.0408. The Bertz CT molecular complexity index is 397. The van der Waals surface area contributed by atoms with Gasteiger partial charge < -0.3 is 10.5 Å². The number of hydrogen-bond donors (Lipinski definition) is 1. The molecule has 3 heteroatoms. The predicted molar refractivity (Wildman–Crippen MR) is 79.3 cm³/mol. The first-order valence-corrected chi connectivity index (χ1v) is 7.28. The van der Waals surface area contributed by atoms with E-state index in [1.807, 2.05) is 0 Å². The van der Waals surface area contributed by atoms with Crippen molar-refractivity contribution in [3.63, 3.8) is 0 Å². The van der Waals surface area contributed by atoms with Gasteiger partial charge >= 0.3 is 0 Å². The molecule has 1 aliphatic heterocycles. The van der Waals surface area contributed by atoms with Gasteiger partial charge in [0.25, 0.3) is 0 Å². The number of nitrogens with two attached hydrogens (primary N) is 1. The number of morpholine rings is 1. The Morgan fingerprint density at radius 1 is 1.32 bits per heavy atom. The highest BCUT2D eigenvalue weighted by molar-refractivity contribution is 5.31. The Kier molecular flexibility index (Phi) is 4.97. The summed E-state index contributed by atoms with van der Waals surface area (Å²) in [5.74, 6) is 0. The maximum atomic E-state index is 6.41. The lowest BCUT2D eigenvalue weighted by atomic mass is 9.97. The van der Waals surface area contributed by atoms with Crippen LogP contribution in [0.4, 0.5) is 0 Å². The zero-order valence-corrected chi connectivity index (χ0v) is 12.4. The second kappa shape index (κ2) is 6.51. The molecule has 0 radical (unpaired) electrons. The summed E-state index contributed by atoms with van der Waals surface area (Å²) in [4.78, 5) is 2.46. The second-order valence-electron chi connectivity index (χ2n) is 5.66. The van der Waals surface area contributed by atoms with Gasteiger partial charge in [0.2, 0.25) is 0 Å². The molecule has 0 spiro atoms. The highest BCUT2D eigenvalue weighted by Crippen LogP contribution is 2.22. The van der Waals surface area contributed by atoms with Gasteiger partial charge in [-0.3, -0.25) is 4.90 Å². The number of nitrogens with zero attached hydrogens (tertiary/aromatic N) is 1. The fourth-order valence-electron chi connectivity index (χ4n) is 2.89. The first kappa shape index (κ1) is 14.5. The number of aryl methyl sites for hydroxylation is 2. The van der Waals surface area contributed by atoms with Crippen molar-refractivity contribution >= 4 is 0 Å². The smallest absolute Gasteiger partial charge is 0.0894 e.